The predicted molar refractivity (Wildman–Crippen MR) is 155 cm³/mol. The van der Waals surface area contributed by atoms with Gasteiger partial charge in [-0.05, 0) is 105 Å². The molecule has 1 N–H and O–H groups in total. The zero-order chi connectivity index (χ0) is 28.1. The highest BCUT2D eigenvalue weighted by Gasteiger charge is 2.38. The van der Waals surface area contributed by atoms with Crippen molar-refractivity contribution in [2.24, 2.45) is 0 Å². The molecule has 0 spiro atoms. The van der Waals surface area contributed by atoms with E-state index in [1.165, 1.54) is 42.4 Å². The Hall–Kier alpha value is -2.44. The summed E-state index contributed by atoms with van der Waals surface area (Å²) in [7, 11) is -2.62. The van der Waals surface area contributed by atoms with Crippen molar-refractivity contribution in [1.82, 2.24) is 4.72 Å². The fourth-order valence-electron chi connectivity index (χ4n) is 3.91. The number of rotatable bonds is 16. The van der Waals surface area contributed by atoms with Gasteiger partial charge in [-0.3, -0.25) is 4.79 Å². The van der Waals surface area contributed by atoms with E-state index in [9.17, 15) is 13.2 Å². The first-order valence-corrected chi connectivity index (χ1v) is 14.6. The quantitative estimate of drug-likeness (QED) is 0.176. The van der Waals surface area contributed by atoms with Crippen molar-refractivity contribution in [2.45, 2.75) is 103 Å². The molecule has 0 aliphatic rings. The molecule has 0 radical (unpaired) electrons. The molecule has 37 heavy (non-hydrogen) atoms. The van der Waals surface area contributed by atoms with E-state index in [-0.39, 0.29) is 11.3 Å². The fourth-order valence-corrected chi connectivity index (χ4v) is 5.28. The zero-order valence-corrected chi connectivity index (χ0v) is 24.8. The van der Waals surface area contributed by atoms with Crippen molar-refractivity contribution in [3.8, 4) is 0 Å². The number of aryl methyl sites for hydroxylation is 1. The molecule has 1 aromatic rings. The van der Waals surface area contributed by atoms with Crippen molar-refractivity contribution in [2.75, 3.05) is 7.11 Å². The lowest BCUT2D eigenvalue weighted by atomic mass is 9.97. The molecule has 0 saturated heterocycles. The third-order valence-corrected chi connectivity index (χ3v) is 8.04. The smallest absolute Gasteiger partial charge is 0.327 e. The highest BCUT2D eigenvalue weighted by atomic mass is 32.2. The molecular formula is C31H47NO4S. The molecule has 5 nitrogen and oxygen atoms in total. The van der Waals surface area contributed by atoms with Crippen LogP contribution in [0.5, 0.6) is 0 Å². The average molecular weight is 530 g/mol. The van der Waals surface area contributed by atoms with Crippen LogP contribution in [-0.4, -0.2) is 27.0 Å². The topological polar surface area (TPSA) is 72.5 Å². The second kappa shape index (κ2) is 15.7. The fraction of sp³-hybridized carbons (Fsp3) is 0.516. The van der Waals surface area contributed by atoms with Gasteiger partial charge in [0.15, 0.2) is 0 Å². The number of hydrogen-bond donors (Lipinski definition) is 1. The maximum Gasteiger partial charge on any atom is 0.327 e. The Labute approximate surface area is 225 Å². The third-order valence-electron chi connectivity index (χ3n) is 6.42. The van der Waals surface area contributed by atoms with Gasteiger partial charge in [0.1, 0.15) is 5.54 Å². The van der Waals surface area contributed by atoms with Crippen LogP contribution < -0.4 is 4.72 Å². The van der Waals surface area contributed by atoms with E-state index < -0.39 is 21.5 Å². The van der Waals surface area contributed by atoms with E-state index in [0.717, 1.165) is 49.7 Å². The number of esters is 1. The lowest BCUT2D eigenvalue weighted by molar-refractivity contribution is -0.146. The molecule has 0 heterocycles. The van der Waals surface area contributed by atoms with Crippen LogP contribution in [0.4, 0.5) is 0 Å². The first-order chi connectivity index (χ1) is 17.3. The Balaban J connectivity index is 2.68. The number of sulfonamides is 1. The minimum Gasteiger partial charge on any atom is -0.468 e. The van der Waals surface area contributed by atoms with Gasteiger partial charge in [0, 0.05) is 0 Å². The normalized spacial score (nSPS) is 14.8. The highest BCUT2D eigenvalue weighted by Crippen LogP contribution is 2.21. The molecular weight excluding hydrogens is 482 g/mol. The van der Waals surface area contributed by atoms with E-state index in [0.29, 0.717) is 0 Å². The molecule has 0 aromatic heterocycles. The molecule has 1 atom stereocenters. The Morgan fingerprint density at radius 1 is 0.919 bits per heavy atom. The molecule has 1 aromatic carbocycles. The van der Waals surface area contributed by atoms with Gasteiger partial charge in [0.2, 0.25) is 10.0 Å². The highest BCUT2D eigenvalue weighted by molar-refractivity contribution is 7.89. The molecule has 0 bridgehead atoms. The predicted octanol–water partition coefficient (Wildman–Crippen LogP) is 7.74. The maximum absolute atomic E-state index is 12.9. The number of allylic oxidation sites excluding steroid dienone is 6. The Kier molecular flexibility index (Phi) is 13.9. The maximum atomic E-state index is 12.9. The van der Waals surface area contributed by atoms with Crippen LogP contribution in [0, 0.1) is 6.92 Å². The molecule has 0 aliphatic carbocycles. The van der Waals surface area contributed by atoms with Gasteiger partial charge >= 0.3 is 5.97 Å². The van der Waals surface area contributed by atoms with E-state index >= 15 is 0 Å². The number of carbonyl (C=O) groups excluding carboxylic acids is 1. The van der Waals surface area contributed by atoms with Gasteiger partial charge in [-0.15, -0.1) is 6.58 Å². The number of methoxy groups -OCH3 is 1. The summed E-state index contributed by atoms with van der Waals surface area (Å²) in [6.45, 7) is 15.9. The zero-order valence-electron chi connectivity index (χ0n) is 23.9. The van der Waals surface area contributed by atoms with Crippen molar-refractivity contribution in [3.63, 3.8) is 0 Å². The van der Waals surface area contributed by atoms with E-state index in [4.69, 9.17) is 4.74 Å². The summed E-state index contributed by atoms with van der Waals surface area (Å²) in [6.07, 6.45) is 14.0. The lowest BCUT2D eigenvalue weighted by Crippen LogP contribution is -2.52. The van der Waals surface area contributed by atoms with Crippen LogP contribution in [0.25, 0.3) is 0 Å². The molecule has 1 rings (SSSR count). The van der Waals surface area contributed by atoms with Gasteiger partial charge in [-0.25, -0.2) is 8.42 Å². The number of nitrogens with one attached hydrogen (secondary N) is 1. The minimum atomic E-state index is -3.89. The number of ether oxygens (including phenoxy) is 1. The Morgan fingerprint density at radius 3 is 1.95 bits per heavy atom. The van der Waals surface area contributed by atoms with E-state index in [1.54, 1.807) is 19.1 Å². The van der Waals surface area contributed by atoms with E-state index in [1.807, 2.05) is 19.9 Å². The molecule has 1 unspecified atom stereocenters. The summed E-state index contributed by atoms with van der Waals surface area (Å²) in [5.74, 6) is -0.619. The van der Waals surface area contributed by atoms with Crippen molar-refractivity contribution >= 4 is 16.0 Å². The number of carbonyl (C=O) groups is 1. The van der Waals surface area contributed by atoms with Crippen LogP contribution in [0.3, 0.4) is 0 Å². The summed E-state index contributed by atoms with van der Waals surface area (Å²) in [5, 5.41) is 0. The van der Waals surface area contributed by atoms with Gasteiger partial charge in [0.25, 0.3) is 0 Å². The Morgan fingerprint density at radius 2 is 1.43 bits per heavy atom. The van der Waals surface area contributed by atoms with Crippen molar-refractivity contribution in [1.29, 1.82) is 0 Å². The standard InChI is InChI=1S/C31H47NO4S/c1-24(2)12-9-13-25(3)14-10-15-26(4)16-11-17-27(5)22-23-31(7,30(33)36-8)32-37(34,35)29-20-18-28(6)19-21-29/h14,16,18-22,32H,1,9-13,15,17,23H2,2-8H3/b25-14+,26-16+,27-22+. The second-order valence-corrected chi connectivity index (χ2v) is 12.2. The summed E-state index contributed by atoms with van der Waals surface area (Å²) >= 11 is 0. The van der Waals surface area contributed by atoms with Crippen LogP contribution in [0.15, 0.2) is 76.3 Å². The Bertz CT molecular complexity index is 1090. The summed E-state index contributed by atoms with van der Waals surface area (Å²) in [5.41, 5.74) is 4.71. The summed E-state index contributed by atoms with van der Waals surface area (Å²) in [4.78, 5) is 12.7. The van der Waals surface area contributed by atoms with Gasteiger partial charge in [-0.2, -0.15) is 4.72 Å². The van der Waals surface area contributed by atoms with Crippen LogP contribution in [-0.2, 0) is 19.6 Å². The molecule has 0 amide bonds. The second-order valence-electron chi connectivity index (χ2n) is 10.5. The van der Waals surface area contributed by atoms with E-state index in [2.05, 4.69) is 44.2 Å². The molecule has 6 heteroatoms. The molecule has 0 aliphatic heterocycles. The molecule has 0 fully saturated rings. The number of hydrogen-bond acceptors (Lipinski definition) is 4. The van der Waals surface area contributed by atoms with Crippen LogP contribution in [0.1, 0.15) is 91.5 Å². The van der Waals surface area contributed by atoms with Crippen molar-refractivity contribution in [3.05, 3.63) is 76.9 Å². The van der Waals surface area contributed by atoms with Gasteiger partial charge < -0.3 is 4.74 Å². The number of benzene rings is 1. The average Bonchev–Trinajstić information content (AvgIpc) is 2.82. The first-order valence-electron chi connectivity index (χ1n) is 13.1. The van der Waals surface area contributed by atoms with Crippen LogP contribution in [0.2, 0.25) is 0 Å². The summed E-state index contributed by atoms with van der Waals surface area (Å²) < 4.78 is 33.3. The van der Waals surface area contributed by atoms with Gasteiger partial charge in [0.05, 0.1) is 12.0 Å². The van der Waals surface area contributed by atoms with Crippen LogP contribution >= 0.6 is 0 Å². The lowest BCUT2D eigenvalue weighted by Gasteiger charge is -2.26. The third kappa shape index (κ3) is 12.6. The first kappa shape index (κ1) is 32.6. The SMILES string of the molecule is C=C(C)CCC/C(C)=C/CC/C(C)=C/CC/C(C)=C/CC(C)(NS(=O)(=O)c1ccc(C)cc1)C(=O)OC. The minimum absolute atomic E-state index is 0.117. The molecule has 0 saturated carbocycles. The summed E-state index contributed by atoms with van der Waals surface area (Å²) in [6, 6.07) is 6.52. The monoisotopic (exact) mass is 529 g/mol. The molecule has 206 valence electrons. The van der Waals surface area contributed by atoms with Crippen molar-refractivity contribution < 1.29 is 17.9 Å². The van der Waals surface area contributed by atoms with Gasteiger partial charge in [-0.1, -0.05) is 58.2 Å². The largest absolute Gasteiger partial charge is 0.468 e.